The van der Waals surface area contributed by atoms with Gasteiger partial charge in [-0.3, -0.25) is 20.4 Å². The molecule has 5 nitrogen and oxygen atoms in total. The highest BCUT2D eigenvalue weighted by Crippen LogP contribution is 2.32. The minimum absolute atomic E-state index is 0.108. The Bertz CT molecular complexity index is 528. The first-order valence-corrected chi connectivity index (χ1v) is 7.53. The number of carbonyl (C=O) groups excluding carboxylic acids is 2. The number of anilines is 1. The number of amides is 2. The summed E-state index contributed by atoms with van der Waals surface area (Å²) in [5.74, 6) is -0.258. The van der Waals surface area contributed by atoms with Gasteiger partial charge in [-0.05, 0) is 37.1 Å². The van der Waals surface area contributed by atoms with Crippen molar-refractivity contribution in [2.45, 2.75) is 25.3 Å². The highest BCUT2D eigenvalue weighted by molar-refractivity contribution is 9.10. The lowest BCUT2D eigenvalue weighted by atomic mass is 10.1. The average Bonchev–Trinajstić information content (AvgIpc) is 3.21. The first-order valence-electron chi connectivity index (χ1n) is 6.74. The van der Waals surface area contributed by atoms with E-state index in [1.165, 1.54) is 0 Å². The van der Waals surface area contributed by atoms with E-state index in [2.05, 4.69) is 26.8 Å². The molecular formula is C14H16BrN3O2. The van der Waals surface area contributed by atoms with Crippen LogP contribution in [-0.4, -0.2) is 29.3 Å². The van der Waals surface area contributed by atoms with E-state index in [0.29, 0.717) is 19.0 Å². The Balaban J connectivity index is 1.52. The van der Waals surface area contributed by atoms with Crippen LogP contribution in [0.3, 0.4) is 0 Å². The number of hydrazine groups is 1. The van der Waals surface area contributed by atoms with E-state index in [4.69, 9.17) is 0 Å². The third kappa shape index (κ3) is 2.95. The van der Waals surface area contributed by atoms with E-state index in [-0.39, 0.29) is 17.7 Å². The third-order valence-corrected chi connectivity index (χ3v) is 4.22. The molecular weight excluding hydrogens is 322 g/mol. The van der Waals surface area contributed by atoms with E-state index in [1.807, 2.05) is 29.2 Å². The van der Waals surface area contributed by atoms with Crippen molar-refractivity contribution < 1.29 is 9.59 Å². The van der Waals surface area contributed by atoms with Crippen LogP contribution in [0.2, 0.25) is 0 Å². The molecule has 2 aliphatic rings. The van der Waals surface area contributed by atoms with Crippen LogP contribution in [0.4, 0.5) is 5.69 Å². The lowest BCUT2D eigenvalue weighted by molar-refractivity contribution is -0.129. The molecule has 0 radical (unpaired) electrons. The number of hydrogen-bond donors (Lipinski definition) is 2. The molecule has 2 amide bonds. The summed E-state index contributed by atoms with van der Waals surface area (Å²) in [7, 11) is 0. The number of benzene rings is 1. The van der Waals surface area contributed by atoms with Crippen molar-refractivity contribution in [3.05, 3.63) is 28.7 Å². The number of nitrogens with zero attached hydrogens (tertiary/aromatic N) is 1. The number of halogens is 1. The number of carbonyl (C=O) groups is 2. The second kappa shape index (κ2) is 5.44. The van der Waals surface area contributed by atoms with Crippen LogP contribution >= 0.6 is 15.9 Å². The van der Waals surface area contributed by atoms with Gasteiger partial charge in [0, 0.05) is 23.5 Å². The van der Waals surface area contributed by atoms with Crippen molar-refractivity contribution in [3.63, 3.8) is 0 Å². The Morgan fingerprint density at radius 3 is 2.60 bits per heavy atom. The maximum absolute atomic E-state index is 12.1. The zero-order valence-electron chi connectivity index (χ0n) is 10.9. The highest BCUT2D eigenvalue weighted by Gasteiger charge is 2.41. The second-order valence-electron chi connectivity index (χ2n) is 5.30. The average molecular weight is 338 g/mol. The van der Waals surface area contributed by atoms with E-state index in [0.717, 1.165) is 23.0 Å². The lowest BCUT2D eigenvalue weighted by Gasteiger charge is -2.15. The van der Waals surface area contributed by atoms with E-state index >= 15 is 0 Å². The summed E-state index contributed by atoms with van der Waals surface area (Å²) in [6.07, 6.45) is 2.48. The van der Waals surface area contributed by atoms with E-state index < -0.39 is 0 Å². The van der Waals surface area contributed by atoms with Gasteiger partial charge in [-0.1, -0.05) is 15.9 Å². The molecule has 1 aromatic rings. The molecule has 20 heavy (non-hydrogen) atoms. The number of nitrogens with one attached hydrogen (secondary N) is 2. The minimum Gasteiger partial charge on any atom is -0.339 e. The predicted molar refractivity (Wildman–Crippen MR) is 78.7 cm³/mol. The van der Waals surface area contributed by atoms with Crippen molar-refractivity contribution in [2.75, 3.05) is 12.0 Å². The Morgan fingerprint density at radius 1 is 1.25 bits per heavy atom. The molecule has 1 aromatic carbocycles. The monoisotopic (exact) mass is 337 g/mol. The molecule has 1 aliphatic carbocycles. The molecule has 1 aliphatic heterocycles. The van der Waals surface area contributed by atoms with Crippen molar-refractivity contribution in [3.8, 4) is 0 Å². The molecule has 3 rings (SSSR count). The van der Waals surface area contributed by atoms with Gasteiger partial charge in [-0.15, -0.1) is 0 Å². The SMILES string of the molecule is O=C(NNc1ccc(Br)cc1)C1CC(=O)N(C2CC2)C1. The van der Waals surface area contributed by atoms with Gasteiger partial charge in [0.2, 0.25) is 11.8 Å². The van der Waals surface area contributed by atoms with Crippen LogP contribution in [-0.2, 0) is 9.59 Å². The summed E-state index contributed by atoms with van der Waals surface area (Å²) in [5.41, 5.74) is 6.36. The van der Waals surface area contributed by atoms with Gasteiger partial charge in [-0.2, -0.15) is 0 Å². The quantitative estimate of drug-likeness (QED) is 0.825. The van der Waals surface area contributed by atoms with Crippen LogP contribution < -0.4 is 10.9 Å². The Labute approximate surface area is 125 Å². The summed E-state index contributed by atoms with van der Waals surface area (Å²) < 4.78 is 0.982. The second-order valence-corrected chi connectivity index (χ2v) is 6.22. The van der Waals surface area contributed by atoms with Gasteiger partial charge in [0.15, 0.2) is 0 Å². The van der Waals surface area contributed by atoms with Gasteiger partial charge in [-0.25, -0.2) is 0 Å². The fourth-order valence-corrected chi connectivity index (χ4v) is 2.68. The number of likely N-dealkylation sites (tertiary alicyclic amines) is 1. The Kier molecular flexibility index (Phi) is 3.65. The summed E-state index contributed by atoms with van der Waals surface area (Å²) in [4.78, 5) is 25.7. The van der Waals surface area contributed by atoms with Crippen LogP contribution in [0.15, 0.2) is 28.7 Å². The lowest BCUT2D eigenvalue weighted by Crippen LogP contribution is -2.36. The molecule has 106 valence electrons. The molecule has 0 spiro atoms. The third-order valence-electron chi connectivity index (χ3n) is 3.69. The van der Waals surface area contributed by atoms with Crippen LogP contribution in [0.25, 0.3) is 0 Å². The largest absolute Gasteiger partial charge is 0.339 e. The van der Waals surface area contributed by atoms with Crippen molar-refractivity contribution in [1.82, 2.24) is 10.3 Å². The summed E-state index contributed by atoms with van der Waals surface area (Å²) in [5, 5.41) is 0. The maximum atomic E-state index is 12.1. The van der Waals surface area contributed by atoms with Gasteiger partial charge in [0.1, 0.15) is 0 Å². The molecule has 1 unspecified atom stereocenters. The molecule has 1 atom stereocenters. The van der Waals surface area contributed by atoms with E-state index in [1.54, 1.807) is 0 Å². The summed E-state index contributed by atoms with van der Waals surface area (Å²) >= 11 is 3.35. The fourth-order valence-electron chi connectivity index (χ4n) is 2.42. The predicted octanol–water partition coefficient (Wildman–Crippen LogP) is 1.90. The van der Waals surface area contributed by atoms with Gasteiger partial charge in [0.05, 0.1) is 11.6 Å². The Morgan fingerprint density at radius 2 is 1.95 bits per heavy atom. The molecule has 2 fully saturated rings. The molecule has 0 aromatic heterocycles. The molecule has 0 bridgehead atoms. The zero-order chi connectivity index (χ0) is 14.1. The zero-order valence-corrected chi connectivity index (χ0v) is 12.5. The molecule has 1 saturated carbocycles. The van der Waals surface area contributed by atoms with Gasteiger partial charge in [0.25, 0.3) is 0 Å². The van der Waals surface area contributed by atoms with Crippen molar-refractivity contribution in [1.29, 1.82) is 0 Å². The minimum atomic E-state index is -0.244. The first-order chi connectivity index (χ1) is 9.63. The smallest absolute Gasteiger partial charge is 0.243 e. The first kappa shape index (κ1) is 13.4. The standard InChI is InChI=1S/C14H16BrN3O2/c15-10-1-3-11(4-2-10)16-17-14(20)9-7-13(19)18(8-9)12-5-6-12/h1-4,9,12,16H,5-8H2,(H,17,20). The van der Waals surface area contributed by atoms with Crippen LogP contribution in [0.1, 0.15) is 19.3 Å². The normalized spacial score (nSPS) is 21.9. The molecule has 1 heterocycles. The Hall–Kier alpha value is -1.56. The molecule has 6 heteroatoms. The fraction of sp³-hybridized carbons (Fsp3) is 0.429. The highest BCUT2D eigenvalue weighted by atomic mass is 79.9. The number of hydrogen-bond acceptors (Lipinski definition) is 3. The topological polar surface area (TPSA) is 61.4 Å². The summed E-state index contributed by atoms with van der Waals surface area (Å²) in [6, 6.07) is 7.89. The van der Waals surface area contributed by atoms with Crippen molar-refractivity contribution >= 4 is 33.4 Å². The van der Waals surface area contributed by atoms with Gasteiger partial charge < -0.3 is 4.90 Å². The number of rotatable bonds is 4. The molecule has 2 N–H and O–H groups in total. The van der Waals surface area contributed by atoms with Crippen LogP contribution in [0.5, 0.6) is 0 Å². The summed E-state index contributed by atoms with van der Waals surface area (Å²) in [6.45, 7) is 0.553. The van der Waals surface area contributed by atoms with Crippen LogP contribution in [0, 0.1) is 5.92 Å². The van der Waals surface area contributed by atoms with Crippen molar-refractivity contribution in [2.24, 2.45) is 5.92 Å². The van der Waals surface area contributed by atoms with Gasteiger partial charge >= 0.3 is 0 Å². The molecule has 1 saturated heterocycles. The van der Waals surface area contributed by atoms with E-state index in [9.17, 15) is 9.59 Å². The maximum Gasteiger partial charge on any atom is 0.243 e.